The maximum atomic E-state index is 12.6. The Bertz CT molecular complexity index is 739. The van der Waals surface area contributed by atoms with Gasteiger partial charge in [-0.1, -0.05) is 86.7 Å². The summed E-state index contributed by atoms with van der Waals surface area (Å²) in [6.07, 6.45) is 3.08. The van der Waals surface area contributed by atoms with Crippen molar-refractivity contribution < 1.29 is 19.4 Å². The lowest BCUT2D eigenvalue weighted by atomic mass is 9.72. The molecule has 0 fully saturated rings. The summed E-state index contributed by atoms with van der Waals surface area (Å²) in [5.74, 6) is -3.83. The van der Waals surface area contributed by atoms with Crippen LogP contribution in [0.5, 0.6) is 0 Å². The fourth-order valence-electron chi connectivity index (χ4n) is 3.53. The fourth-order valence-corrected chi connectivity index (χ4v) is 3.53. The van der Waals surface area contributed by atoms with Crippen molar-refractivity contribution in [1.82, 2.24) is 0 Å². The lowest BCUT2D eigenvalue weighted by Crippen LogP contribution is -2.35. The molecule has 1 N–H and O–H groups in total. The second-order valence-corrected chi connectivity index (χ2v) is 6.48. The summed E-state index contributed by atoms with van der Waals surface area (Å²) >= 11 is 0. The summed E-state index contributed by atoms with van der Waals surface area (Å²) in [5.41, 5.74) is 1.85. The number of carboxylic acid groups (broad SMARTS) is 1. The molecule has 0 amide bonds. The molecule has 2 aromatic carbocycles. The van der Waals surface area contributed by atoms with Crippen LogP contribution in [0.3, 0.4) is 0 Å². The van der Waals surface area contributed by atoms with Crippen LogP contribution >= 0.6 is 0 Å². The number of ether oxygens (including phenoxy) is 1. The highest BCUT2D eigenvalue weighted by atomic mass is 16.5. The number of benzene rings is 2. The van der Waals surface area contributed by atoms with E-state index in [9.17, 15) is 14.7 Å². The zero-order valence-corrected chi connectivity index (χ0v) is 15.6. The molecule has 3 atom stereocenters. The van der Waals surface area contributed by atoms with E-state index >= 15 is 0 Å². The highest BCUT2D eigenvalue weighted by molar-refractivity contribution is 5.95. The summed E-state index contributed by atoms with van der Waals surface area (Å²) in [6, 6.07) is 19.2. The van der Waals surface area contributed by atoms with Gasteiger partial charge in [-0.05, 0) is 23.5 Å². The third kappa shape index (κ3) is 5.30. The van der Waals surface area contributed by atoms with Gasteiger partial charge >= 0.3 is 11.9 Å². The number of aliphatic carboxylic acids is 1. The number of hydrogen-bond donors (Lipinski definition) is 1. The predicted octanol–water partition coefficient (Wildman–Crippen LogP) is 4.78. The van der Waals surface area contributed by atoms with Gasteiger partial charge in [-0.15, -0.1) is 0 Å². The van der Waals surface area contributed by atoms with Gasteiger partial charge in [0.05, 0.1) is 0 Å². The number of carboxylic acids is 1. The minimum Gasteiger partial charge on any atom is -0.481 e. The Kier molecular flexibility index (Phi) is 7.80. The molecule has 0 aliphatic carbocycles. The third-order valence-corrected chi connectivity index (χ3v) is 4.67. The van der Waals surface area contributed by atoms with Crippen LogP contribution in [0.4, 0.5) is 0 Å². The first kappa shape index (κ1) is 20.4. The SMILES string of the molecule is C=CCOC(=O)C(C(=O)O)C(c1ccccc1)C(CCC)c1ccccc1. The maximum Gasteiger partial charge on any atom is 0.321 e. The molecule has 0 bridgehead atoms. The summed E-state index contributed by atoms with van der Waals surface area (Å²) < 4.78 is 5.14. The molecule has 142 valence electrons. The van der Waals surface area contributed by atoms with Gasteiger partial charge in [-0.3, -0.25) is 9.59 Å². The first-order valence-electron chi connectivity index (χ1n) is 9.20. The molecule has 27 heavy (non-hydrogen) atoms. The van der Waals surface area contributed by atoms with E-state index in [0.717, 1.165) is 24.0 Å². The Balaban J connectivity index is 2.55. The molecule has 0 spiro atoms. The summed E-state index contributed by atoms with van der Waals surface area (Å²) in [4.78, 5) is 24.8. The number of hydrogen-bond acceptors (Lipinski definition) is 3. The maximum absolute atomic E-state index is 12.6. The minimum absolute atomic E-state index is 0.00605. The molecule has 4 nitrogen and oxygen atoms in total. The van der Waals surface area contributed by atoms with Gasteiger partial charge in [0.25, 0.3) is 0 Å². The van der Waals surface area contributed by atoms with E-state index in [2.05, 4.69) is 13.5 Å². The fraction of sp³-hybridized carbons (Fsp3) is 0.304. The molecule has 2 rings (SSSR count). The van der Waals surface area contributed by atoms with Crippen LogP contribution in [-0.2, 0) is 14.3 Å². The summed E-state index contributed by atoms with van der Waals surface area (Å²) in [6.45, 7) is 5.58. The third-order valence-electron chi connectivity index (χ3n) is 4.67. The van der Waals surface area contributed by atoms with Crippen molar-refractivity contribution in [3.05, 3.63) is 84.4 Å². The molecule has 0 radical (unpaired) electrons. The Labute approximate surface area is 160 Å². The van der Waals surface area contributed by atoms with Gasteiger partial charge in [-0.2, -0.15) is 0 Å². The van der Waals surface area contributed by atoms with Gasteiger partial charge in [-0.25, -0.2) is 0 Å². The van der Waals surface area contributed by atoms with Crippen molar-refractivity contribution >= 4 is 11.9 Å². The quantitative estimate of drug-likeness (QED) is 0.373. The Morgan fingerprint density at radius 1 is 1.04 bits per heavy atom. The molecule has 0 heterocycles. The van der Waals surface area contributed by atoms with E-state index in [1.165, 1.54) is 6.08 Å². The molecule has 0 aliphatic rings. The number of carbonyl (C=O) groups excluding carboxylic acids is 1. The largest absolute Gasteiger partial charge is 0.481 e. The van der Waals surface area contributed by atoms with Gasteiger partial charge in [0.2, 0.25) is 0 Å². The van der Waals surface area contributed by atoms with Crippen LogP contribution in [-0.4, -0.2) is 23.7 Å². The Morgan fingerprint density at radius 2 is 1.59 bits per heavy atom. The Hall–Kier alpha value is -2.88. The van der Waals surface area contributed by atoms with Crippen LogP contribution in [0, 0.1) is 5.92 Å². The topological polar surface area (TPSA) is 63.6 Å². The van der Waals surface area contributed by atoms with Crippen LogP contribution < -0.4 is 0 Å². The summed E-state index contributed by atoms with van der Waals surface area (Å²) in [5, 5.41) is 9.91. The molecular weight excluding hydrogens is 340 g/mol. The highest BCUT2D eigenvalue weighted by Gasteiger charge is 2.41. The zero-order valence-electron chi connectivity index (χ0n) is 15.6. The van der Waals surface area contributed by atoms with Crippen molar-refractivity contribution in [3.8, 4) is 0 Å². The van der Waals surface area contributed by atoms with Gasteiger partial charge in [0.15, 0.2) is 5.92 Å². The zero-order chi connectivity index (χ0) is 19.6. The number of rotatable bonds is 10. The van der Waals surface area contributed by atoms with Crippen molar-refractivity contribution in [1.29, 1.82) is 0 Å². The van der Waals surface area contributed by atoms with E-state index < -0.39 is 23.8 Å². The normalized spacial score (nSPS) is 14.0. The van der Waals surface area contributed by atoms with Gasteiger partial charge in [0.1, 0.15) is 6.61 Å². The first-order valence-corrected chi connectivity index (χ1v) is 9.20. The lowest BCUT2D eigenvalue weighted by Gasteiger charge is -2.31. The van der Waals surface area contributed by atoms with Crippen LogP contribution in [0.25, 0.3) is 0 Å². The van der Waals surface area contributed by atoms with Crippen LogP contribution in [0.2, 0.25) is 0 Å². The second-order valence-electron chi connectivity index (χ2n) is 6.48. The average molecular weight is 366 g/mol. The number of esters is 1. The smallest absolute Gasteiger partial charge is 0.321 e. The van der Waals surface area contributed by atoms with Gasteiger partial charge in [0, 0.05) is 5.92 Å². The van der Waals surface area contributed by atoms with E-state index in [4.69, 9.17) is 4.74 Å². The average Bonchev–Trinajstić information content (AvgIpc) is 2.69. The van der Waals surface area contributed by atoms with E-state index in [1.807, 2.05) is 60.7 Å². The van der Waals surface area contributed by atoms with E-state index in [1.54, 1.807) is 0 Å². The van der Waals surface area contributed by atoms with Crippen LogP contribution in [0.15, 0.2) is 73.3 Å². The molecule has 2 aromatic rings. The molecule has 3 unspecified atom stereocenters. The molecule has 0 saturated heterocycles. The van der Waals surface area contributed by atoms with Crippen molar-refractivity contribution in [2.75, 3.05) is 6.61 Å². The van der Waals surface area contributed by atoms with Gasteiger partial charge < -0.3 is 9.84 Å². The molecule has 0 saturated carbocycles. The summed E-state index contributed by atoms with van der Waals surface area (Å²) in [7, 11) is 0. The van der Waals surface area contributed by atoms with Crippen LogP contribution in [0.1, 0.15) is 42.7 Å². The monoisotopic (exact) mass is 366 g/mol. The standard InChI is InChI=1S/C23H26O4/c1-3-11-19(17-12-7-5-8-13-17)20(18-14-9-6-10-15-18)21(22(24)25)23(26)27-16-4-2/h4-10,12-15,19-21H,2-3,11,16H2,1H3,(H,24,25). The molecule has 0 aliphatic heterocycles. The predicted molar refractivity (Wildman–Crippen MR) is 106 cm³/mol. The van der Waals surface area contributed by atoms with E-state index in [-0.39, 0.29) is 12.5 Å². The van der Waals surface area contributed by atoms with Crippen molar-refractivity contribution in [3.63, 3.8) is 0 Å². The molecular formula is C23H26O4. The van der Waals surface area contributed by atoms with Crippen molar-refractivity contribution in [2.24, 2.45) is 5.92 Å². The molecule has 0 aromatic heterocycles. The number of carbonyl (C=O) groups is 2. The van der Waals surface area contributed by atoms with E-state index in [0.29, 0.717) is 0 Å². The Morgan fingerprint density at radius 3 is 2.07 bits per heavy atom. The first-order chi connectivity index (χ1) is 13.1. The second kappa shape index (κ2) is 10.3. The minimum atomic E-state index is -1.29. The molecule has 4 heteroatoms. The lowest BCUT2D eigenvalue weighted by molar-refractivity contribution is -0.159. The van der Waals surface area contributed by atoms with Crippen molar-refractivity contribution in [2.45, 2.75) is 31.6 Å². The highest BCUT2D eigenvalue weighted by Crippen LogP contribution is 2.42.